The van der Waals surface area contributed by atoms with Gasteiger partial charge in [-0.15, -0.1) is 0 Å². The maximum atomic E-state index is 12.4. The van der Waals surface area contributed by atoms with Gasteiger partial charge in [-0.3, -0.25) is 9.69 Å². The zero-order valence-electron chi connectivity index (χ0n) is 12.3. The maximum absolute atomic E-state index is 12.4. The number of rotatable bonds is 4. The Morgan fingerprint density at radius 1 is 1.16 bits per heavy atom. The van der Waals surface area contributed by atoms with Gasteiger partial charge in [0.2, 0.25) is 5.91 Å². The minimum Gasteiger partial charge on any atom is -0.339 e. The number of piperidine rings is 2. The molecule has 2 fully saturated rings. The molecule has 4 heteroatoms. The van der Waals surface area contributed by atoms with E-state index in [4.69, 9.17) is 5.73 Å². The molecule has 2 aliphatic heterocycles. The molecule has 110 valence electrons. The summed E-state index contributed by atoms with van der Waals surface area (Å²) in [5.74, 6) is 1.02. The lowest BCUT2D eigenvalue weighted by Crippen LogP contribution is -2.49. The molecular formula is C15H29N3O. The van der Waals surface area contributed by atoms with Crippen molar-refractivity contribution in [3.63, 3.8) is 0 Å². The van der Waals surface area contributed by atoms with Crippen LogP contribution in [0.5, 0.6) is 0 Å². The van der Waals surface area contributed by atoms with Gasteiger partial charge in [-0.25, -0.2) is 0 Å². The molecule has 2 saturated heterocycles. The van der Waals surface area contributed by atoms with Crippen LogP contribution in [-0.4, -0.2) is 54.5 Å². The van der Waals surface area contributed by atoms with Crippen molar-refractivity contribution < 1.29 is 4.79 Å². The molecule has 1 amide bonds. The van der Waals surface area contributed by atoms with Gasteiger partial charge in [0.05, 0.1) is 6.54 Å². The monoisotopic (exact) mass is 267 g/mol. The Labute approximate surface area is 117 Å². The number of amides is 1. The molecule has 1 unspecified atom stereocenters. The average molecular weight is 267 g/mol. The van der Waals surface area contributed by atoms with Crippen LogP contribution in [-0.2, 0) is 4.79 Å². The van der Waals surface area contributed by atoms with Crippen molar-refractivity contribution in [1.29, 1.82) is 0 Å². The van der Waals surface area contributed by atoms with Gasteiger partial charge in [-0.2, -0.15) is 0 Å². The van der Waals surface area contributed by atoms with E-state index in [-0.39, 0.29) is 0 Å². The summed E-state index contributed by atoms with van der Waals surface area (Å²) in [6, 6.07) is 0.489. The molecule has 2 aliphatic rings. The van der Waals surface area contributed by atoms with Gasteiger partial charge in [-0.1, -0.05) is 6.92 Å². The summed E-state index contributed by atoms with van der Waals surface area (Å²) in [4.78, 5) is 16.9. The number of nitrogens with zero attached hydrogens (tertiary/aromatic N) is 2. The largest absolute Gasteiger partial charge is 0.339 e. The molecule has 2 rings (SSSR count). The second-order valence-electron chi connectivity index (χ2n) is 6.10. The molecule has 1 atom stereocenters. The van der Waals surface area contributed by atoms with E-state index in [1.54, 1.807) is 0 Å². The molecule has 0 aromatic rings. The zero-order valence-corrected chi connectivity index (χ0v) is 12.3. The fourth-order valence-corrected chi connectivity index (χ4v) is 3.42. The lowest BCUT2D eigenvalue weighted by molar-refractivity contribution is -0.136. The molecule has 0 radical (unpaired) electrons. The van der Waals surface area contributed by atoms with Gasteiger partial charge >= 0.3 is 0 Å². The van der Waals surface area contributed by atoms with Gasteiger partial charge < -0.3 is 10.6 Å². The van der Waals surface area contributed by atoms with Gasteiger partial charge in [-0.05, 0) is 64.1 Å². The van der Waals surface area contributed by atoms with Crippen LogP contribution < -0.4 is 5.73 Å². The highest BCUT2D eigenvalue weighted by Gasteiger charge is 2.27. The van der Waals surface area contributed by atoms with Crippen LogP contribution >= 0.6 is 0 Å². The van der Waals surface area contributed by atoms with Gasteiger partial charge in [0.1, 0.15) is 0 Å². The van der Waals surface area contributed by atoms with Gasteiger partial charge in [0.15, 0.2) is 0 Å². The number of carbonyl (C=O) groups is 1. The molecule has 0 aliphatic carbocycles. The van der Waals surface area contributed by atoms with E-state index in [1.807, 2.05) is 0 Å². The summed E-state index contributed by atoms with van der Waals surface area (Å²) in [6.07, 6.45) is 7.06. The Morgan fingerprint density at radius 3 is 2.53 bits per heavy atom. The number of hydrogen-bond acceptors (Lipinski definition) is 3. The Bertz CT molecular complexity index is 287. The van der Waals surface area contributed by atoms with Crippen LogP contribution in [0.3, 0.4) is 0 Å². The van der Waals surface area contributed by atoms with Crippen molar-refractivity contribution in [2.45, 2.75) is 51.5 Å². The van der Waals surface area contributed by atoms with Crippen molar-refractivity contribution in [3.8, 4) is 0 Å². The van der Waals surface area contributed by atoms with Crippen molar-refractivity contribution in [1.82, 2.24) is 9.80 Å². The maximum Gasteiger partial charge on any atom is 0.236 e. The van der Waals surface area contributed by atoms with Crippen LogP contribution in [0, 0.1) is 5.92 Å². The first-order valence-corrected chi connectivity index (χ1v) is 7.96. The van der Waals surface area contributed by atoms with Crippen LogP contribution in [0.4, 0.5) is 0 Å². The first-order valence-electron chi connectivity index (χ1n) is 7.96. The number of nitrogens with two attached hydrogens (primary N) is 1. The minimum atomic E-state index is 0.345. The first-order chi connectivity index (χ1) is 9.24. The summed E-state index contributed by atoms with van der Waals surface area (Å²) >= 11 is 0. The smallest absolute Gasteiger partial charge is 0.236 e. The molecule has 0 aromatic carbocycles. The zero-order chi connectivity index (χ0) is 13.7. The van der Waals surface area contributed by atoms with Crippen LogP contribution in [0.15, 0.2) is 0 Å². The topological polar surface area (TPSA) is 49.6 Å². The molecular weight excluding hydrogens is 238 g/mol. The summed E-state index contributed by atoms with van der Waals surface area (Å²) in [5, 5.41) is 0. The van der Waals surface area contributed by atoms with Crippen molar-refractivity contribution in [2.75, 3.05) is 32.7 Å². The number of likely N-dealkylation sites (tertiary alicyclic amines) is 2. The van der Waals surface area contributed by atoms with Crippen molar-refractivity contribution in [3.05, 3.63) is 0 Å². The highest BCUT2D eigenvalue weighted by molar-refractivity contribution is 5.78. The van der Waals surface area contributed by atoms with Crippen molar-refractivity contribution >= 4 is 5.91 Å². The van der Waals surface area contributed by atoms with Gasteiger partial charge in [0.25, 0.3) is 0 Å². The fraction of sp³-hybridized carbons (Fsp3) is 0.933. The summed E-state index contributed by atoms with van der Waals surface area (Å²) < 4.78 is 0. The molecule has 19 heavy (non-hydrogen) atoms. The molecule has 4 nitrogen and oxygen atoms in total. The Hall–Kier alpha value is -0.610. The fourth-order valence-electron chi connectivity index (χ4n) is 3.42. The second kappa shape index (κ2) is 7.25. The minimum absolute atomic E-state index is 0.345. The van der Waals surface area contributed by atoms with E-state index in [0.717, 1.165) is 45.4 Å². The second-order valence-corrected chi connectivity index (χ2v) is 6.10. The number of carbonyl (C=O) groups excluding carboxylic acids is 1. The van der Waals surface area contributed by atoms with Crippen LogP contribution in [0.1, 0.15) is 45.4 Å². The standard InChI is InChI=1S/C15H29N3O/c1-2-14-5-3-4-8-18(14)15(19)12-17-9-6-13(11-16)7-10-17/h13-14H,2-12,16H2,1H3. The highest BCUT2D eigenvalue weighted by atomic mass is 16.2. The Morgan fingerprint density at radius 2 is 1.89 bits per heavy atom. The lowest BCUT2D eigenvalue weighted by atomic mass is 9.97. The van der Waals surface area contributed by atoms with Crippen LogP contribution in [0.25, 0.3) is 0 Å². The Kier molecular flexibility index (Phi) is 5.64. The third-order valence-corrected chi connectivity index (χ3v) is 4.82. The van der Waals surface area contributed by atoms with E-state index in [2.05, 4.69) is 16.7 Å². The van der Waals surface area contributed by atoms with E-state index in [0.29, 0.717) is 24.4 Å². The lowest BCUT2D eigenvalue weighted by Gasteiger charge is -2.38. The number of hydrogen-bond donors (Lipinski definition) is 1. The molecule has 0 spiro atoms. The predicted octanol–water partition coefficient (Wildman–Crippen LogP) is 1.45. The van der Waals surface area contributed by atoms with Crippen LogP contribution in [0.2, 0.25) is 0 Å². The quantitative estimate of drug-likeness (QED) is 0.838. The van der Waals surface area contributed by atoms with E-state index in [1.165, 1.54) is 19.3 Å². The molecule has 2 N–H and O–H groups in total. The molecule has 0 bridgehead atoms. The summed E-state index contributed by atoms with van der Waals surface area (Å²) in [6.45, 7) is 6.66. The van der Waals surface area contributed by atoms with E-state index < -0.39 is 0 Å². The molecule has 2 heterocycles. The third kappa shape index (κ3) is 3.93. The van der Waals surface area contributed by atoms with E-state index in [9.17, 15) is 4.79 Å². The molecule has 0 aromatic heterocycles. The molecule has 0 saturated carbocycles. The summed E-state index contributed by atoms with van der Waals surface area (Å²) in [5.41, 5.74) is 5.71. The predicted molar refractivity (Wildman–Crippen MR) is 77.9 cm³/mol. The highest BCUT2D eigenvalue weighted by Crippen LogP contribution is 2.21. The van der Waals surface area contributed by atoms with E-state index >= 15 is 0 Å². The summed E-state index contributed by atoms with van der Waals surface area (Å²) in [7, 11) is 0. The third-order valence-electron chi connectivity index (χ3n) is 4.82. The first kappa shape index (κ1) is 14.8. The van der Waals surface area contributed by atoms with Crippen molar-refractivity contribution in [2.24, 2.45) is 11.7 Å². The normalized spacial score (nSPS) is 26.6. The van der Waals surface area contributed by atoms with Gasteiger partial charge in [0, 0.05) is 12.6 Å². The Balaban J connectivity index is 1.80. The SMILES string of the molecule is CCC1CCCCN1C(=O)CN1CCC(CN)CC1. The average Bonchev–Trinajstić information content (AvgIpc) is 2.48.